The molecule has 5 heteroatoms. The van der Waals surface area contributed by atoms with E-state index in [2.05, 4.69) is 14.8 Å². The van der Waals surface area contributed by atoms with Crippen LogP contribution in [0.3, 0.4) is 0 Å². The first-order valence-corrected chi connectivity index (χ1v) is 8.00. The highest BCUT2D eigenvalue weighted by molar-refractivity contribution is 7.98. The molecule has 0 atom stereocenters. The minimum atomic E-state index is -0.154. The quantitative estimate of drug-likeness (QED) is 0.800. The normalized spacial score (nSPS) is 15.9. The standard InChI is InChI=1S/C15H18FN3S/c1-19-14(11-6-2-3-7-11)17-18-15(19)20-10-12-8-4-5-9-13(12)16/h4-5,8-9,11H,2-3,6-7,10H2,1H3. The smallest absolute Gasteiger partial charge is 0.191 e. The van der Waals surface area contributed by atoms with Crippen molar-refractivity contribution in [2.45, 2.75) is 42.5 Å². The molecule has 0 N–H and O–H groups in total. The highest BCUT2D eigenvalue weighted by Crippen LogP contribution is 2.34. The Morgan fingerprint density at radius 3 is 2.75 bits per heavy atom. The van der Waals surface area contributed by atoms with Gasteiger partial charge in [0.25, 0.3) is 0 Å². The lowest BCUT2D eigenvalue weighted by Gasteiger charge is -2.08. The van der Waals surface area contributed by atoms with Crippen LogP contribution < -0.4 is 0 Å². The molecular weight excluding hydrogens is 273 g/mol. The second-order valence-corrected chi connectivity index (χ2v) is 6.20. The predicted molar refractivity (Wildman–Crippen MR) is 78.2 cm³/mol. The molecular formula is C15H18FN3S. The molecule has 3 nitrogen and oxygen atoms in total. The molecule has 1 aliphatic carbocycles. The zero-order chi connectivity index (χ0) is 13.9. The molecule has 0 saturated heterocycles. The molecule has 0 amide bonds. The van der Waals surface area contributed by atoms with Gasteiger partial charge in [-0.1, -0.05) is 42.8 Å². The Morgan fingerprint density at radius 2 is 2.00 bits per heavy atom. The molecule has 0 unspecified atom stereocenters. The molecule has 0 radical (unpaired) electrons. The van der Waals surface area contributed by atoms with Crippen LogP contribution >= 0.6 is 11.8 Å². The fourth-order valence-corrected chi connectivity index (χ4v) is 3.65. The van der Waals surface area contributed by atoms with Gasteiger partial charge in [0.2, 0.25) is 0 Å². The summed E-state index contributed by atoms with van der Waals surface area (Å²) < 4.78 is 15.7. The van der Waals surface area contributed by atoms with Crippen molar-refractivity contribution in [3.8, 4) is 0 Å². The Bertz CT molecular complexity index is 591. The Hall–Kier alpha value is -1.36. The summed E-state index contributed by atoms with van der Waals surface area (Å²) in [5.74, 6) is 2.07. The summed E-state index contributed by atoms with van der Waals surface area (Å²) in [6, 6.07) is 6.89. The Balaban J connectivity index is 1.70. The number of hydrogen-bond acceptors (Lipinski definition) is 3. The van der Waals surface area contributed by atoms with Gasteiger partial charge >= 0.3 is 0 Å². The molecule has 1 aromatic carbocycles. The number of rotatable bonds is 4. The highest BCUT2D eigenvalue weighted by atomic mass is 32.2. The number of thioether (sulfide) groups is 1. The fourth-order valence-electron chi connectivity index (χ4n) is 2.75. The second-order valence-electron chi connectivity index (χ2n) is 5.26. The molecule has 106 valence electrons. The molecule has 1 aromatic heterocycles. The molecule has 1 fully saturated rings. The third-order valence-electron chi connectivity index (χ3n) is 3.90. The maximum absolute atomic E-state index is 13.6. The topological polar surface area (TPSA) is 30.7 Å². The lowest BCUT2D eigenvalue weighted by Crippen LogP contribution is -2.03. The van der Waals surface area contributed by atoms with Crippen molar-refractivity contribution < 1.29 is 4.39 Å². The molecule has 0 bridgehead atoms. The van der Waals surface area contributed by atoms with E-state index in [0.717, 1.165) is 11.0 Å². The van der Waals surface area contributed by atoms with Crippen LogP contribution in [0.25, 0.3) is 0 Å². The molecule has 1 heterocycles. The Morgan fingerprint density at radius 1 is 1.25 bits per heavy atom. The van der Waals surface area contributed by atoms with E-state index in [1.807, 2.05) is 19.2 Å². The summed E-state index contributed by atoms with van der Waals surface area (Å²) in [7, 11) is 2.01. The monoisotopic (exact) mass is 291 g/mol. The maximum Gasteiger partial charge on any atom is 0.191 e. The van der Waals surface area contributed by atoms with E-state index >= 15 is 0 Å². The first-order valence-electron chi connectivity index (χ1n) is 7.01. The van der Waals surface area contributed by atoms with E-state index in [9.17, 15) is 4.39 Å². The number of hydrogen-bond donors (Lipinski definition) is 0. The van der Waals surface area contributed by atoms with Gasteiger partial charge in [-0.3, -0.25) is 0 Å². The summed E-state index contributed by atoms with van der Waals surface area (Å²) in [5.41, 5.74) is 0.711. The van der Waals surface area contributed by atoms with Crippen LogP contribution in [-0.2, 0) is 12.8 Å². The van der Waals surface area contributed by atoms with E-state index in [0.29, 0.717) is 17.2 Å². The van der Waals surface area contributed by atoms with E-state index in [-0.39, 0.29) is 5.82 Å². The van der Waals surface area contributed by atoms with Crippen LogP contribution in [0.2, 0.25) is 0 Å². The first kappa shape index (κ1) is 13.6. The van der Waals surface area contributed by atoms with Crippen LogP contribution in [0, 0.1) is 5.82 Å². The lowest BCUT2D eigenvalue weighted by atomic mass is 10.1. The highest BCUT2D eigenvalue weighted by Gasteiger charge is 2.23. The molecule has 1 saturated carbocycles. The van der Waals surface area contributed by atoms with Crippen LogP contribution in [0.15, 0.2) is 29.4 Å². The fraction of sp³-hybridized carbons (Fsp3) is 0.467. The molecule has 2 aromatic rings. The SMILES string of the molecule is Cn1c(SCc2ccccc2F)nnc1C1CCCC1. The zero-order valence-electron chi connectivity index (χ0n) is 11.6. The van der Waals surface area contributed by atoms with Gasteiger partial charge in [-0.15, -0.1) is 10.2 Å². The van der Waals surface area contributed by atoms with Gasteiger partial charge < -0.3 is 4.57 Å². The molecule has 1 aliphatic rings. The van der Waals surface area contributed by atoms with Gasteiger partial charge in [0.1, 0.15) is 11.6 Å². The van der Waals surface area contributed by atoms with Crippen molar-refractivity contribution in [3.05, 3.63) is 41.5 Å². The van der Waals surface area contributed by atoms with Crippen molar-refractivity contribution in [3.63, 3.8) is 0 Å². The number of halogens is 1. The number of benzene rings is 1. The van der Waals surface area contributed by atoms with E-state index in [1.165, 1.54) is 31.7 Å². The average molecular weight is 291 g/mol. The van der Waals surface area contributed by atoms with Gasteiger partial charge in [0, 0.05) is 18.7 Å². The molecule has 0 aliphatic heterocycles. The summed E-state index contributed by atoms with van der Waals surface area (Å²) in [6.07, 6.45) is 5.00. The van der Waals surface area contributed by atoms with Crippen molar-refractivity contribution >= 4 is 11.8 Å². The van der Waals surface area contributed by atoms with E-state index in [4.69, 9.17) is 0 Å². The summed E-state index contributed by atoms with van der Waals surface area (Å²) in [4.78, 5) is 0. The lowest BCUT2D eigenvalue weighted by molar-refractivity contribution is 0.614. The number of aromatic nitrogens is 3. The van der Waals surface area contributed by atoms with Crippen molar-refractivity contribution in [1.29, 1.82) is 0 Å². The molecule has 20 heavy (non-hydrogen) atoms. The van der Waals surface area contributed by atoms with Crippen molar-refractivity contribution in [1.82, 2.24) is 14.8 Å². The van der Waals surface area contributed by atoms with E-state index in [1.54, 1.807) is 17.8 Å². The minimum absolute atomic E-state index is 0.154. The average Bonchev–Trinajstić information content (AvgIpc) is 3.08. The van der Waals surface area contributed by atoms with Crippen LogP contribution in [0.4, 0.5) is 4.39 Å². The number of nitrogens with zero attached hydrogens (tertiary/aromatic N) is 3. The third-order valence-corrected chi connectivity index (χ3v) is 4.97. The third kappa shape index (κ3) is 2.73. The van der Waals surface area contributed by atoms with Crippen molar-refractivity contribution in [2.75, 3.05) is 0 Å². The van der Waals surface area contributed by atoms with Crippen LogP contribution in [-0.4, -0.2) is 14.8 Å². The van der Waals surface area contributed by atoms with Gasteiger partial charge in [0.15, 0.2) is 5.16 Å². The van der Waals surface area contributed by atoms with Crippen LogP contribution in [0.5, 0.6) is 0 Å². The molecule has 3 rings (SSSR count). The minimum Gasteiger partial charge on any atom is -0.309 e. The van der Waals surface area contributed by atoms with Gasteiger partial charge in [-0.25, -0.2) is 4.39 Å². The summed E-state index contributed by atoms with van der Waals surface area (Å²) in [5, 5.41) is 9.46. The first-order chi connectivity index (χ1) is 9.75. The van der Waals surface area contributed by atoms with Gasteiger partial charge in [-0.05, 0) is 24.5 Å². The molecule has 0 spiro atoms. The largest absolute Gasteiger partial charge is 0.309 e. The predicted octanol–water partition coefficient (Wildman–Crippen LogP) is 3.90. The Kier molecular flexibility index (Phi) is 4.05. The van der Waals surface area contributed by atoms with Crippen LogP contribution in [0.1, 0.15) is 43.0 Å². The van der Waals surface area contributed by atoms with E-state index < -0.39 is 0 Å². The zero-order valence-corrected chi connectivity index (χ0v) is 12.4. The summed E-state index contributed by atoms with van der Waals surface area (Å²) in [6.45, 7) is 0. The van der Waals surface area contributed by atoms with Gasteiger partial charge in [0.05, 0.1) is 0 Å². The van der Waals surface area contributed by atoms with Gasteiger partial charge in [-0.2, -0.15) is 0 Å². The Labute approximate surface area is 122 Å². The van der Waals surface area contributed by atoms with Crippen molar-refractivity contribution in [2.24, 2.45) is 7.05 Å². The second kappa shape index (κ2) is 5.95. The summed E-state index contributed by atoms with van der Waals surface area (Å²) >= 11 is 1.54. The maximum atomic E-state index is 13.6.